The predicted octanol–water partition coefficient (Wildman–Crippen LogP) is 3.90. The van der Waals surface area contributed by atoms with E-state index in [2.05, 4.69) is 60.0 Å². The molecule has 0 radical (unpaired) electrons. The van der Waals surface area contributed by atoms with E-state index < -0.39 is 6.04 Å². The van der Waals surface area contributed by atoms with Crippen molar-refractivity contribution in [3.63, 3.8) is 0 Å². The molecule has 2 aromatic rings. The third kappa shape index (κ3) is 4.64. The lowest BCUT2D eigenvalue weighted by atomic mass is 9.80. The number of fused-ring (bicyclic) bond motifs is 1. The molecular weight excluding hydrogens is 426 g/mol. The van der Waals surface area contributed by atoms with Crippen LogP contribution in [0.2, 0.25) is 0 Å². The minimum Gasteiger partial charge on any atom is -0.322 e. The van der Waals surface area contributed by atoms with Gasteiger partial charge in [0, 0.05) is 30.6 Å². The van der Waals surface area contributed by atoms with Crippen molar-refractivity contribution in [3.8, 4) is 0 Å². The number of nitrogens with zero attached hydrogens (tertiary/aromatic N) is 1. The van der Waals surface area contributed by atoms with Crippen molar-refractivity contribution >= 4 is 17.7 Å². The van der Waals surface area contributed by atoms with E-state index in [1.54, 1.807) is 4.90 Å². The fourth-order valence-corrected chi connectivity index (χ4v) is 5.89. The van der Waals surface area contributed by atoms with Crippen molar-refractivity contribution in [2.24, 2.45) is 5.92 Å². The minimum atomic E-state index is -0.563. The summed E-state index contributed by atoms with van der Waals surface area (Å²) in [6.07, 6.45) is 6.57. The van der Waals surface area contributed by atoms with Crippen LogP contribution in [0.4, 0.5) is 0 Å². The van der Waals surface area contributed by atoms with E-state index >= 15 is 0 Å². The summed E-state index contributed by atoms with van der Waals surface area (Å²) in [5, 5.41) is 6.26. The Kier molecular flexibility index (Phi) is 6.50. The molecule has 1 saturated carbocycles. The number of hydrogen-bond donors (Lipinski definition) is 2. The fourth-order valence-electron chi connectivity index (χ4n) is 5.89. The van der Waals surface area contributed by atoms with E-state index in [4.69, 9.17) is 0 Å². The summed E-state index contributed by atoms with van der Waals surface area (Å²) >= 11 is 0. The average Bonchev–Trinajstić information content (AvgIpc) is 3.16. The largest absolute Gasteiger partial charge is 0.322 e. The van der Waals surface area contributed by atoms with Crippen molar-refractivity contribution in [2.75, 3.05) is 0 Å². The topological polar surface area (TPSA) is 78.5 Å². The molecule has 2 fully saturated rings. The Morgan fingerprint density at radius 3 is 2.62 bits per heavy atom. The highest BCUT2D eigenvalue weighted by atomic mass is 16.2. The quantitative estimate of drug-likeness (QED) is 0.643. The normalized spacial score (nSPS) is 25.7. The molecule has 2 N–H and O–H groups in total. The van der Waals surface area contributed by atoms with Gasteiger partial charge in [-0.1, -0.05) is 55.3 Å². The van der Waals surface area contributed by atoms with Crippen LogP contribution in [0.5, 0.6) is 0 Å². The summed E-state index contributed by atoms with van der Waals surface area (Å²) in [6, 6.07) is 17.0. The summed E-state index contributed by atoms with van der Waals surface area (Å²) < 4.78 is 0. The lowest BCUT2D eigenvalue weighted by Crippen LogP contribution is -2.52. The molecule has 4 atom stereocenters. The van der Waals surface area contributed by atoms with Gasteiger partial charge in [-0.2, -0.15) is 0 Å². The first-order chi connectivity index (χ1) is 16.5. The molecule has 6 nitrogen and oxygen atoms in total. The number of amides is 3. The van der Waals surface area contributed by atoms with Gasteiger partial charge in [0.1, 0.15) is 6.04 Å². The van der Waals surface area contributed by atoms with Gasteiger partial charge in [-0.3, -0.25) is 19.7 Å². The number of hydrogen-bond acceptors (Lipinski definition) is 4. The lowest BCUT2D eigenvalue weighted by molar-refractivity contribution is -0.136. The lowest BCUT2D eigenvalue weighted by Gasteiger charge is -2.35. The van der Waals surface area contributed by atoms with E-state index in [-0.39, 0.29) is 24.1 Å². The maximum Gasteiger partial charge on any atom is 0.255 e. The zero-order chi connectivity index (χ0) is 23.7. The minimum absolute atomic E-state index is 0.107. The van der Waals surface area contributed by atoms with Crippen molar-refractivity contribution in [1.29, 1.82) is 0 Å². The second-order valence-electron chi connectivity index (χ2n) is 10.0. The average molecular weight is 460 g/mol. The van der Waals surface area contributed by atoms with Crippen LogP contribution in [-0.2, 0) is 22.6 Å². The number of carbonyl (C=O) groups is 3. The van der Waals surface area contributed by atoms with Gasteiger partial charge >= 0.3 is 0 Å². The van der Waals surface area contributed by atoms with Crippen LogP contribution in [0, 0.1) is 5.92 Å². The third-order valence-electron chi connectivity index (χ3n) is 7.76. The van der Waals surface area contributed by atoms with Crippen LogP contribution in [0.1, 0.15) is 78.5 Å². The van der Waals surface area contributed by atoms with Crippen LogP contribution in [0.15, 0.2) is 48.5 Å². The number of rotatable bonds is 6. The SMILES string of the molecule is C[C@H](N[C@H]1CCCC[C@@H]1Cc1ccc2c(c1)CN(C1CCC(=O)NC1=O)C2=O)c1ccccc1. The molecule has 2 heterocycles. The second-order valence-corrected chi connectivity index (χ2v) is 10.0. The van der Waals surface area contributed by atoms with Crippen LogP contribution in [0.25, 0.3) is 0 Å². The van der Waals surface area contributed by atoms with E-state index in [1.165, 1.54) is 36.8 Å². The molecule has 5 rings (SSSR count). The van der Waals surface area contributed by atoms with E-state index in [0.717, 1.165) is 12.0 Å². The van der Waals surface area contributed by atoms with E-state index in [9.17, 15) is 14.4 Å². The number of carbonyl (C=O) groups excluding carboxylic acids is 3. The molecule has 0 spiro atoms. The maximum absolute atomic E-state index is 13.0. The molecule has 2 aliphatic heterocycles. The Morgan fingerprint density at radius 1 is 1.03 bits per heavy atom. The van der Waals surface area contributed by atoms with Gasteiger partial charge in [0.15, 0.2) is 0 Å². The summed E-state index contributed by atoms with van der Waals surface area (Å²) in [4.78, 5) is 38.4. The monoisotopic (exact) mass is 459 g/mol. The molecule has 6 heteroatoms. The fraction of sp³-hybridized carbons (Fsp3) is 0.464. The molecule has 1 unspecified atom stereocenters. The molecule has 0 bridgehead atoms. The third-order valence-corrected chi connectivity index (χ3v) is 7.76. The summed E-state index contributed by atoms with van der Waals surface area (Å²) in [6.45, 7) is 2.68. The molecule has 1 aliphatic carbocycles. The smallest absolute Gasteiger partial charge is 0.255 e. The second kappa shape index (κ2) is 9.71. The first-order valence-corrected chi connectivity index (χ1v) is 12.6. The number of nitrogens with one attached hydrogen (secondary N) is 2. The molecular formula is C28H33N3O3. The van der Waals surface area contributed by atoms with Crippen LogP contribution in [0.3, 0.4) is 0 Å². The number of piperidine rings is 1. The van der Waals surface area contributed by atoms with Crippen LogP contribution < -0.4 is 10.6 Å². The Bertz CT molecular complexity index is 1080. The van der Waals surface area contributed by atoms with Gasteiger partial charge in [0.05, 0.1) is 0 Å². The van der Waals surface area contributed by atoms with Crippen molar-refractivity contribution in [2.45, 2.75) is 76.5 Å². The van der Waals surface area contributed by atoms with Crippen molar-refractivity contribution < 1.29 is 14.4 Å². The standard InChI is InChI=1S/C28H33N3O3/c1-18(20-7-3-2-4-8-20)29-24-10-6-5-9-21(24)15-19-11-12-23-22(16-19)17-31(28(23)34)25-13-14-26(32)30-27(25)33/h2-4,7-8,11-12,16,18,21,24-25,29H,5-6,9-10,13-15,17H2,1H3,(H,30,32,33)/t18-,21+,24-,25?/m0/s1. The highest BCUT2D eigenvalue weighted by molar-refractivity contribution is 6.05. The number of benzene rings is 2. The summed E-state index contributed by atoms with van der Waals surface area (Å²) in [5.74, 6) is -0.169. The molecule has 34 heavy (non-hydrogen) atoms. The first-order valence-electron chi connectivity index (χ1n) is 12.6. The Hall–Kier alpha value is -2.99. The maximum atomic E-state index is 13.0. The molecule has 0 aromatic heterocycles. The van der Waals surface area contributed by atoms with Gasteiger partial charge in [-0.05, 0) is 61.3 Å². The molecule has 1 saturated heterocycles. The Labute approximate surface area is 201 Å². The summed E-state index contributed by atoms with van der Waals surface area (Å²) in [5.41, 5.74) is 4.24. The predicted molar refractivity (Wildman–Crippen MR) is 130 cm³/mol. The van der Waals surface area contributed by atoms with Crippen LogP contribution >= 0.6 is 0 Å². The van der Waals surface area contributed by atoms with E-state index in [1.807, 2.05) is 6.07 Å². The highest BCUT2D eigenvalue weighted by Gasteiger charge is 2.39. The van der Waals surface area contributed by atoms with Gasteiger partial charge < -0.3 is 10.2 Å². The zero-order valence-electron chi connectivity index (χ0n) is 19.8. The molecule has 2 aromatic carbocycles. The van der Waals surface area contributed by atoms with Gasteiger partial charge in [0.25, 0.3) is 5.91 Å². The summed E-state index contributed by atoms with van der Waals surface area (Å²) in [7, 11) is 0. The van der Waals surface area contributed by atoms with Crippen molar-refractivity contribution in [3.05, 3.63) is 70.8 Å². The molecule has 178 valence electrons. The number of imide groups is 1. The zero-order valence-corrected chi connectivity index (χ0v) is 19.8. The van der Waals surface area contributed by atoms with E-state index in [0.29, 0.717) is 36.5 Å². The van der Waals surface area contributed by atoms with Gasteiger partial charge in [-0.15, -0.1) is 0 Å². The Balaban J connectivity index is 1.27. The van der Waals surface area contributed by atoms with Crippen molar-refractivity contribution in [1.82, 2.24) is 15.5 Å². The molecule has 3 aliphatic rings. The van der Waals surface area contributed by atoms with Gasteiger partial charge in [0.2, 0.25) is 11.8 Å². The Morgan fingerprint density at radius 2 is 1.82 bits per heavy atom. The van der Waals surface area contributed by atoms with Crippen LogP contribution in [-0.4, -0.2) is 34.7 Å². The van der Waals surface area contributed by atoms with Gasteiger partial charge in [-0.25, -0.2) is 0 Å². The molecule has 3 amide bonds. The first kappa shape index (κ1) is 22.8. The highest BCUT2D eigenvalue weighted by Crippen LogP contribution is 2.32.